The molecule has 94 valence electrons. The highest BCUT2D eigenvalue weighted by Gasteiger charge is 2.12. The fraction of sp³-hybridized carbons (Fsp3) is 0.0769. The van der Waals surface area contributed by atoms with Gasteiger partial charge < -0.3 is 5.11 Å². The Kier molecular flexibility index (Phi) is 4.15. The molecule has 0 unspecified atom stereocenters. The third-order valence-electron chi connectivity index (χ3n) is 2.53. The van der Waals surface area contributed by atoms with Gasteiger partial charge in [0.1, 0.15) is 11.6 Å². The molecule has 0 bridgehead atoms. The summed E-state index contributed by atoms with van der Waals surface area (Å²) in [5.74, 6) is -0.343. The lowest BCUT2D eigenvalue weighted by molar-refractivity contribution is 0.471. The zero-order valence-corrected chi connectivity index (χ0v) is 12.2. The number of benzene rings is 2. The van der Waals surface area contributed by atoms with Gasteiger partial charge in [0.05, 0.1) is 9.50 Å². The number of hydrogen-bond acceptors (Lipinski definition) is 1. The predicted octanol–water partition coefficient (Wildman–Crippen LogP) is 5.19. The fourth-order valence-corrected chi connectivity index (χ4v) is 2.53. The van der Waals surface area contributed by atoms with Gasteiger partial charge >= 0.3 is 0 Å². The second kappa shape index (κ2) is 5.47. The smallest absolute Gasteiger partial charge is 0.142 e. The van der Waals surface area contributed by atoms with E-state index in [1.807, 2.05) is 0 Å². The molecular weight excluding hydrogens is 342 g/mol. The van der Waals surface area contributed by atoms with Crippen molar-refractivity contribution in [2.75, 3.05) is 0 Å². The van der Waals surface area contributed by atoms with Crippen LogP contribution in [0.4, 0.5) is 4.39 Å². The molecule has 5 heteroatoms. The molecule has 0 aliphatic heterocycles. The zero-order chi connectivity index (χ0) is 13.3. The second-order valence-electron chi connectivity index (χ2n) is 3.78. The van der Waals surface area contributed by atoms with Gasteiger partial charge in [-0.25, -0.2) is 4.39 Å². The first-order valence-electron chi connectivity index (χ1n) is 5.09. The van der Waals surface area contributed by atoms with Gasteiger partial charge in [0.2, 0.25) is 0 Å². The maximum atomic E-state index is 13.4. The van der Waals surface area contributed by atoms with E-state index in [-0.39, 0.29) is 10.8 Å². The zero-order valence-electron chi connectivity index (χ0n) is 9.05. The minimum atomic E-state index is -0.492. The summed E-state index contributed by atoms with van der Waals surface area (Å²) in [5.41, 5.74) is 1.41. The van der Waals surface area contributed by atoms with Gasteiger partial charge in [-0.15, -0.1) is 0 Å². The van der Waals surface area contributed by atoms with E-state index >= 15 is 0 Å². The molecule has 0 atom stereocenters. The lowest BCUT2D eigenvalue weighted by atomic mass is 10.0. The van der Waals surface area contributed by atoms with E-state index in [1.165, 1.54) is 12.1 Å². The molecule has 1 N–H and O–H groups in total. The van der Waals surface area contributed by atoms with Crippen LogP contribution < -0.4 is 0 Å². The molecule has 0 spiro atoms. The summed E-state index contributed by atoms with van der Waals surface area (Å²) in [4.78, 5) is 0. The molecule has 0 fully saturated rings. The molecule has 0 amide bonds. The Morgan fingerprint density at radius 3 is 2.56 bits per heavy atom. The quantitative estimate of drug-likeness (QED) is 0.739. The number of halogens is 4. The van der Waals surface area contributed by atoms with E-state index < -0.39 is 5.82 Å². The SMILES string of the molecule is Oc1ccc(Cc2c(Cl)ccc(F)c2Cl)cc1Br. The van der Waals surface area contributed by atoms with Crippen molar-refractivity contribution in [1.82, 2.24) is 0 Å². The Hall–Kier alpha value is -0.770. The Morgan fingerprint density at radius 1 is 1.17 bits per heavy atom. The molecule has 1 nitrogen and oxygen atoms in total. The average Bonchev–Trinajstić information content (AvgIpc) is 2.34. The summed E-state index contributed by atoms with van der Waals surface area (Å²) < 4.78 is 13.9. The minimum absolute atomic E-state index is 0.0340. The number of rotatable bonds is 2. The lowest BCUT2D eigenvalue weighted by Crippen LogP contribution is -1.93. The summed E-state index contributed by atoms with van der Waals surface area (Å²) in [6.07, 6.45) is 0.397. The Balaban J connectivity index is 2.39. The molecule has 18 heavy (non-hydrogen) atoms. The molecular formula is C13H8BrCl2FO. The Labute approximate surface area is 122 Å². The van der Waals surface area contributed by atoms with Gasteiger partial charge in [0.25, 0.3) is 0 Å². The highest BCUT2D eigenvalue weighted by Crippen LogP contribution is 2.31. The first-order valence-corrected chi connectivity index (χ1v) is 6.63. The van der Waals surface area contributed by atoms with Crippen molar-refractivity contribution in [3.8, 4) is 5.75 Å². The van der Waals surface area contributed by atoms with Gasteiger partial charge in [-0.05, 0) is 51.3 Å². The Bertz CT molecular complexity index is 602. The first kappa shape index (κ1) is 13.7. The maximum absolute atomic E-state index is 13.4. The standard InChI is InChI=1S/C13H8BrCl2FO/c14-9-6-7(1-4-12(9)18)5-8-10(15)2-3-11(17)13(8)16/h1-4,6,18H,5H2. The molecule has 0 radical (unpaired) electrons. The van der Waals surface area contributed by atoms with E-state index in [4.69, 9.17) is 23.2 Å². The van der Waals surface area contributed by atoms with Crippen LogP contribution >= 0.6 is 39.1 Å². The molecule has 0 heterocycles. The molecule has 0 aromatic heterocycles. The van der Waals surface area contributed by atoms with Gasteiger partial charge in [-0.2, -0.15) is 0 Å². The molecule has 2 aromatic rings. The molecule has 0 aliphatic carbocycles. The van der Waals surface area contributed by atoms with Crippen LogP contribution in [0.25, 0.3) is 0 Å². The summed E-state index contributed by atoms with van der Waals surface area (Å²) in [5, 5.41) is 9.86. The van der Waals surface area contributed by atoms with E-state index in [9.17, 15) is 9.50 Å². The van der Waals surface area contributed by atoms with Crippen molar-refractivity contribution >= 4 is 39.1 Å². The molecule has 0 aliphatic rings. The molecule has 0 saturated heterocycles. The van der Waals surface area contributed by atoms with Crippen molar-refractivity contribution in [3.63, 3.8) is 0 Å². The van der Waals surface area contributed by atoms with Crippen LogP contribution in [0, 0.1) is 5.82 Å². The van der Waals surface area contributed by atoms with E-state index in [1.54, 1.807) is 18.2 Å². The van der Waals surface area contributed by atoms with Crippen molar-refractivity contribution in [1.29, 1.82) is 0 Å². The molecule has 0 saturated carbocycles. The van der Waals surface area contributed by atoms with E-state index in [2.05, 4.69) is 15.9 Å². The van der Waals surface area contributed by atoms with Crippen molar-refractivity contribution in [2.24, 2.45) is 0 Å². The fourth-order valence-electron chi connectivity index (χ4n) is 1.60. The topological polar surface area (TPSA) is 20.2 Å². The third-order valence-corrected chi connectivity index (χ3v) is 3.93. The highest BCUT2D eigenvalue weighted by atomic mass is 79.9. The summed E-state index contributed by atoms with van der Waals surface area (Å²) in [7, 11) is 0. The van der Waals surface area contributed by atoms with Crippen LogP contribution in [0.5, 0.6) is 5.75 Å². The third kappa shape index (κ3) is 2.79. The van der Waals surface area contributed by atoms with Crippen molar-refractivity contribution < 1.29 is 9.50 Å². The van der Waals surface area contributed by atoms with Crippen LogP contribution in [0.2, 0.25) is 10.0 Å². The van der Waals surface area contributed by atoms with Crippen molar-refractivity contribution in [3.05, 3.63) is 61.8 Å². The summed E-state index contributed by atoms with van der Waals surface area (Å²) in [6, 6.07) is 7.75. The van der Waals surface area contributed by atoms with Gasteiger partial charge in [-0.3, -0.25) is 0 Å². The Morgan fingerprint density at radius 2 is 1.89 bits per heavy atom. The van der Waals surface area contributed by atoms with Gasteiger partial charge in [0, 0.05) is 11.4 Å². The number of phenolic OH excluding ortho intramolecular Hbond substituents is 1. The van der Waals surface area contributed by atoms with Crippen LogP contribution in [0.1, 0.15) is 11.1 Å². The largest absolute Gasteiger partial charge is 0.507 e. The van der Waals surface area contributed by atoms with Crippen LogP contribution in [-0.4, -0.2) is 5.11 Å². The minimum Gasteiger partial charge on any atom is -0.507 e. The van der Waals surface area contributed by atoms with Crippen LogP contribution in [0.15, 0.2) is 34.8 Å². The monoisotopic (exact) mass is 348 g/mol. The maximum Gasteiger partial charge on any atom is 0.142 e. The number of phenols is 1. The number of hydrogen-bond donors (Lipinski definition) is 1. The molecule has 2 aromatic carbocycles. The van der Waals surface area contributed by atoms with E-state index in [0.29, 0.717) is 21.5 Å². The van der Waals surface area contributed by atoms with Crippen LogP contribution in [-0.2, 0) is 6.42 Å². The second-order valence-corrected chi connectivity index (χ2v) is 5.42. The highest BCUT2D eigenvalue weighted by molar-refractivity contribution is 9.10. The lowest BCUT2D eigenvalue weighted by Gasteiger charge is -2.08. The van der Waals surface area contributed by atoms with Crippen LogP contribution in [0.3, 0.4) is 0 Å². The normalized spacial score (nSPS) is 10.7. The van der Waals surface area contributed by atoms with Gasteiger partial charge in [-0.1, -0.05) is 29.3 Å². The average molecular weight is 350 g/mol. The summed E-state index contributed by atoms with van der Waals surface area (Å²) in [6.45, 7) is 0. The summed E-state index contributed by atoms with van der Waals surface area (Å²) >= 11 is 15.1. The number of aromatic hydroxyl groups is 1. The predicted molar refractivity (Wildman–Crippen MR) is 75.0 cm³/mol. The van der Waals surface area contributed by atoms with Crippen molar-refractivity contribution in [2.45, 2.75) is 6.42 Å². The van der Waals surface area contributed by atoms with Gasteiger partial charge in [0.15, 0.2) is 0 Å². The first-order chi connectivity index (χ1) is 8.49. The van der Waals surface area contributed by atoms with E-state index in [0.717, 1.165) is 5.56 Å². The molecule has 2 rings (SSSR count).